The fraction of sp³-hybridized carbons (Fsp3) is 0.500. The number of nitrogens with one attached hydrogen (secondary N) is 1. The Kier molecular flexibility index (Phi) is 3.39. The Bertz CT molecular complexity index is 490. The van der Waals surface area contributed by atoms with E-state index < -0.39 is 0 Å². The molecular formula is C12H17N3S. The molecule has 2 rings (SSSR count). The number of aryl methyl sites for hydroxylation is 2. The predicted molar refractivity (Wildman–Crippen MR) is 70.3 cm³/mol. The second-order valence-corrected chi connectivity index (χ2v) is 4.95. The van der Waals surface area contributed by atoms with E-state index in [2.05, 4.69) is 35.2 Å². The van der Waals surface area contributed by atoms with Crippen molar-refractivity contribution in [1.82, 2.24) is 9.97 Å². The van der Waals surface area contributed by atoms with Crippen LogP contribution in [0.15, 0.2) is 6.07 Å². The lowest BCUT2D eigenvalue weighted by atomic mass is 10.3. The number of hydrogen-bond acceptors (Lipinski definition) is 4. The molecule has 0 bridgehead atoms. The molecule has 0 amide bonds. The lowest BCUT2D eigenvalue weighted by Gasteiger charge is -2.05. The minimum Gasteiger partial charge on any atom is -0.369 e. The van der Waals surface area contributed by atoms with Crippen LogP contribution in [0.3, 0.4) is 0 Å². The summed E-state index contributed by atoms with van der Waals surface area (Å²) in [5, 5.41) is 4.54. The average Bonchev–Trinajstić information content (AvgIpc) is 2.68. The van der Waals surface area contributed by atoms with Gasteiger partial charge in [0.1, 0.15) is 16.5 Å². The van der Waals surface area contributed by atoms with Gasteiger partial charge in [0.2, 0.25) is 0 Å². The second kappa shape index (κ2) is 4.78. The topological polar surface area (TPSA) is 37.8 Å². The maximum atomic E-state index is 4.48. The SMILES string of the molecule is CCCNc1nc(C)nc2sc(CC)cc12. The van der Waals surface area contributed by atoms with E-state index >= 15 is 0 Å². The number of rotatable bonds is 4. The summed E-state index contributed by atoms with van der Waals surface area (Å²) in [6.07, 6.45) is 2.17. The molecule has 0 unspecified atom stereocenters. The highest BCUT2D eigenvalue weighted by molar-refractivity contribution is 7.18. The van der Waals surface area contributed by atoms with Crippen molar-refractivity contribution in [1.29, 1.82) is 0 Å². The summed E-state index contributed by atoms with van der Waals surface area (Å²) in [4.78, 5) is 11.4. The van der Waals surface area contributed by atoms with Gasteiger partial charge >= 0.3 is 0 Å². The molecule has 4 heteroatoms. The van der Waals surface area contributed by atoms with Crippen molar-refractivity contribution in [2.75, 3.05) is 11.9 Å². The van der Waals surface area contributed by atoms with Crippen molar-refractivity contribution >= 4 is 27.4 Å². The Labute approximate surface area is 99.9 Å². The molecule has 0 aliphatic carbocycles. The van der Waals surface area contributed by atoms with Crippen LogP contribution in [0, 0.1) is 6.92 Å². The number of hydrogen-bond donors (Lipinski definition) is 1. The van der Waals surface area contributed by atoms with Crippen molar-refractivity contribution in [3.05, 3.63) is 16.8 Å². The van der Waals surface area contributed by atoms with E-state index in [1.165, 1.54) is 10.3 Å². The molecule has 1 N–H and O–H groups in total. The largest absolute Gasteiger partial charge is 0.369 e. The molecule has 2 aromatic heterocycles. The molecule has 0 fully saturated rings. The van der Waals surface area contributed by atoms with Crippen LogP contribution in [-0.2, 0) is 6.42 Å². The molecule has 16 heavy (non-hydrogen) atoms. The zero-order chi connectivity index (χ0) is 11.5. The second-order valence-electron chi connectivity index (χ2n) is 3.83. The molecule has 0 radical (unpaired) electrons. The van der Waals surface area contributed by atoms with Crippen molar-refractivity contribution in [2.24, 2.45) is 0 Å². The quantitative estimate of drug-likeness (QED) is 0.882. The standard InChI is InChI=1S/C12H17N3S/c1-4-6-13-11-10-7-9(5-2)16-12(10)15-8(3)14-11/h7H,4-6H2,1-3H3,(H,13,14,15). The summed E-state index contributed by atoms with van der Waals surface area (Å²) in [7, 11) is 0. The summed E-state index contributed by atoms with van der Waals surface area (Å²) in [6.45, 7) is 7.23. The summed E-state index contributed by atoms with van der Waals surface area (Å²) < 4.78 is 0. The van der Waals surface area contributed by atoms with E-state index in [4.69, 9.17) is 0 Å². The minimum absolute atomic E-state index is 0.843. The first-order valence-corrected chi connectivity index (χ1v) is 6.57. The van der Waals surface area contributed by atoms with Gasteiger partial charge in [0.05, 0.1) is 5.39 Å². The lowest BCUT2D eigenvalue weighted by Crippen LogP contribution is -2.03. The van der Waals surface area contributed by atoms with Gasteiger partial charge in [-0.05, 0) is 25.8 Å². The van der Waals surface area contributed by atoms with Crippen LogP contribution in [-0.4, -0.2) is 16.5 Å². The molecule has 0 aliphatic rings. The van der Waals surface area contributed by atoms with Crippen molar-refractivity contribution in [2.45, 2.75) is 33.6 Å². The highest BCUT2D eigenvalue weighted by Crippen LogP contribution is 2.29. The van der Waals surface area contributed by atoms with Crippen LogP contribution in [0.2, 0.25) is 0 Å². The lowest BCUT2D eigenvalue weighted by molar-refractivity contribution is 0.963. The maximum absolute atomic E-state index is 4.48. The molecule has 0 aromatic carbocycles. The Balaban J connectivity index is 2.48. The van der Waals surface area contributed by atoms with E-state index in [0.29, 0.717) is 0 Å². The molecule has 86 valence electrons. The molecule has 0 saturated carbocycles. The third-order valence-corrected chi connectivity index (χ3v) is 3.62. The maximum Gasteiger partial charge on any atom is 0.138 e. The molecule has 3 nitrogen and oxygen atoms in total. The molecule has 0 atom stereocenters. The van der Waals surface area contributed by atoms with Gasteiger partial charge in [-0.25, -0.2) is 9.97 Å². The van der Waals surface area contributed by atoms with Gasteiger partial charge in [0.25, 0.3) is 0 Å². The molecule has 0 aliphatic heterocycles. The van der Waals surface area contributed by atoms with Gasteiger partial charge in [-0.15, -0.1) is 11.3 Å². The van der Waals surface area contributed by atoms with E-state index in [-0.39, 0.29) is 0 Å². The first-order chi connectivity index (χ1) is 7.74. The summed E-state index contributed by atoms with van der Waals surface area (Å²) in [5.41, 5.74) is 0. The number of fused-ring (bicyclic) bond motifs is 1. The normalized spacial score (nSPS) is 10.9. The monoisotopic (exact) mass is 235 g/mol. The average molecular weight is 235 g/mol. The highest BCUT2D eigenvalue weighted by Gasteiger charge is 2.08. The zero-order valence-electron chi connectivity index (χ0n) is 10.0. The molecule has 2 heterocycles. The van der Waals surface area contributed by atoms with E-state index in [0.717, 1.165) is 35.9 Å². The summed E-state index contributed by atoms with van der Waals surface area (Å²) in [6, 6.07) is 2.21. The van der Waals surface area contributed by atoms with E-state index in [1.807, 2.05) is 6.92 Å². The number of thiophene rings is 1. The van der Waals surface area contributed by atoms with Crippen LogP contribution in [0.25, 0.3) is 10.2 Å². The van der Waals surface area contributed by atoms with Gasteiger partial charge in [0.15, 0.2) is 0 Å². The Morgan fingerprint density at radius 2 is 2.12 bits per heavy atom. The fourth-order valence-electron chi connectivity index (χ4n) is 1.63. The third kappa shape index (κ3) is 2.16. The van der Waals surface area contributed by atoms with Crippen LogP contribution in [0.1, 0.15) is 31.0 Å². The minimum atomic E-state index is 0.843. The van der Waals surface area contributed by atoms with Gasteiger partial charge in [-0.1, -0.05) is 13.8 Å². The van der Waals surface area contributed by atoms with Crippen molar-refractivity contribution in [3.63, 3.8) is 0 Å². The third-order valence-electron chi connectivity index (χ3n) is 2.45. The van der Waals surface area contributed by atoms with E-state index in [1.54, 1.807) is 11.3 Å². The fourth-order valence-corrected chi connectivity index (χ4v) is 2.64. The number of nitrogens with zero attached hydrogens (tertiary/aromatic N) is 2. The molecular weight excluding hydrogens is 218 g/mol. The van der Waals surface area contributed by atoms with E-state index in [9.17, 15) is 0 Å². The molecule has 0 spiro atoms. The number of aromatic nitrogens is 2. The first kappa shape index (κ1) is 11.3. The predicted octanol–water partition coefficient (Wildman–Crippen LogP) is 3.38. The van der Waals surface area contributed by atoms with Gasteiger partial charge in [-0.2, -0.15) is 0 Å². The van der Waals surface area contributed by atoms with Crippen LogP contribution in [0.4, 0.5) is 5.82 Å². The van der Waals surface area contributed by atoms with Crippen molar-refractivity contribution in [3.8, 4) is 0 Å². The summed E-state index contributed by atoms with van der Waals surface area (Å²) in [5.74, 6) is 1.83. The molecule has 2 aromatic rings. The van der Waals surface area contributed by atoms with Crippen LogP contribution >= 0.6 is 11.3 Å². The Hall–Kier alpha value is -1.16. The van der Waals surface area contributed by atoms with Crippen molar-refractivity contribution < 1.29 is 0 Å². The van der Waals surface area contributed by atoms with Crippen LogP contribution < -0.4 is 5.32 Å². The van der Waals surface area contributed by atoms with Gasteiger partial charge in [-0.3, -0.25) is 0 Å². The summed E-state index contributed by atoms with van der Waals surface area (Å²) >= 11 is 1.77. The first-order valence-electron chi connectivity index (χ1n) is 5.75. The molecule has 0 saturated heterocycles. The van der Waals surface area contributed by atoms with Crippen LogP contribution in [0.5, 0.6) is 0 Å². The Morgan fingerprint density at radius 1 is 1.31 bits per heavy atom. The zero-order valence-corrected chi connectivity index (χ0v) is 10.8. The Morgan fingerprint density at radius 3 is 2.81 bits per heavy atom. The highest BCUT2D eigenvalue weighted by atomic mass is 32.1. The number of anilines is 1. The van der Waals surface area contributed by atoms with Gasteiger partial charge < -0.3 is 5.32 Å². The van der Waals surface area contributed by atoms with Gasteiger partial charge in [0, 0.05) is 11.4 Å². The smallest absolute Gasteiger partial charge is 0.138 e.